The maximum atomic E-state index is 13.6. The van der Waals surface area contributed by atoms with Crippen LogP contribution in [0.25, 0.3) is 0 Å². The Labute approximate surface area is 141 Å². The minimum Gasteiger partial charge on any atom is -0.340 e. The van der Waals surface area contributed by atoms with E-state index in [1.54, 1.807) is 6.07 Å². The summed E-state index contributed by atoms with van der Waals surface area (Å²) in [4.78, 5) is 15.0. The molecule has 124 valence electrons. The van der Waals surface area contributed by atoms with Gasteiger partial charge in [-0.2, -0.15) is 0 Å². The van der Waals surface area contributed by atoms with E-state index in [1.165, 1.54) is 17.7 Å². The highest BCUT2D eigenvalue weighted by molar-refractivity contribution is 5.91. The molecule has 1 amide bonds. The van der Waals surface area contributed by atoms with Gasteiger partial charge in [0.2, 0.25) is 5.91 Å². The number of hydrogen-bond donors (Lipinski definition) is 1. The lowest BCUT2D eigenvalue weighted by molar-refractivity contribution is -0.133. The van der Waals surface area contributed by atoms with Gasteiger partial charge < -0.3 is 10.6 Å². The Morgan fingerprint density at radius 3 is 2.50 bits per heavy atom. The SMILES string of the molecule is N[C@@H]1CN(C(=O)C2(c3cccc(F)c3)CC2)C[C@H]1c1ccccc1. The number of carbonyl (C=O) groups excluding carboxylic acids is 1. The molecule has 2 atom stereocenters. The number of rotatable bonds is 3. The predicted octanol–water partition coefficient (Wildman–Crippen LogP) is 2.81. The number of carbonyl (C=O) groups is 1. The summed E-state index contributed by atoms with van der Waals surface area (Å²) in [5.74, 6) is -0.0210. The fourth-order valence-electron chi connectivity index (χ4n) is 3.89. The molecule has 2 N–H and O–H groups in total. The molecule has 1 aliphatic heterocycles. The first-order chi connectivity index (χ1) is 11.6. The van der Waals surface area contributed by atoms with Crippen LogP contribution in [0.2, 0.25) is 0 Å². The molecule has 1 aliphatic carbocycles. The first-order valence-corrected chi connectivity index (χ1v) is 8.46. The average molecular weight is 324 g/mol. The molecule has 4 heteroatoms. The third-order valence-electron chi connectivity index (χ3n) is 5.42. The Morgan fingerprint density at radius 2 is 1.83 bits per heavy atom. The first kappa shape index (κ1) is 15.3. The normalized spacial score (nSPS) is 24.8. The van der Waals surface area contributed by atoms with Gasteiger partial charge in [-0.3, -0.25) is 4.79 Å². The van der Waals surface area contributed by atoms with E-state index in [9.17, 15) is 9.18 Å². The number of benzene rings is 2. The molecule has 2 aromatic carbocycles. The molecule has 1 saturated heterocycles. The fraction of sp³-hybridized carbons (Fsp3) is 0.350. The van der Waals surface area contributed by atoms with Crippen molar-refractivity contribution in [1.82, 2.24) is 4.90 Å². The van der Waals surface area contributed by atoms with E-state index in [-0.39, 0.29) is 23.7 Å². The van der Waals surface area contributed by atoms with Gasteiger partial charge in [-0.1, -0.05) is 42.5 Å². The van der Waals surface area contributed by atoms with Crippen molar-refractivity contribution in [3.63, 3.8) is 0 Å². The van der Waals surface area contributed by atoms with E-state index in [0.717, 1.165) is 18.4 Å². The molecule has 1 heterocycles. The van der Waals surface area contributed by atoms with Crippen LogP contribution in [0.5, 0.6) is 0 Å². The summed E-state index contributed by atoms with van der Waals surface area (Å²) in [7, 11) is 0. The second-order valence-corrected chi connectivity index (χ2v) is 6.98. The molecule has 2 aliphatic rings. The molecule has 0 unspecified atom stereocenters. The lowest BCUT2D eigenvalue weighted by Crippen LogP contribution is -2.39. The summed E-state index contributed by atoms with van der Waals surface area (Å²) in [5, 5.41) is 0. The van der Waals surface area contributed by atoms with Crippen LogP contribution >= 0.6 is 0 Å². The Bertz CT molecular complexity index is 757. The maximum Gasteiger partial charge on any atom is 0.233 e. The van der Waals surface area contributed by atoms with Crippen LogP contribution in [0.4, 0.5) is 4.39 Å². The van der Waals surface area contributed by atoms with Crippen molar-refractivity contribution < 1.29 is 9.18 Å². The zero-order valence-electron chi connectivity index (χ0n) is 13.5. The van der Waals surface area contributed by atoms with Crippen LogP contribution in [0, 0.1) is 5.82 Å². The fourth-order valence-corrected chi connectivity index (χ4v) is 3.89. The lowest BCUT2D eigenvalue weighted by atomic mass is 9.94. The van der Waals surface area contributed by atoms with Crippen molar-refractivity contribution in [2.75, 3.05) is 13.1 Å². The Hall–Kier alpha value is -2.20. The van der Waals surface area contributed by atoms with Gasteiger partial charge in [0.15, 0.2) is 0 Å². The molecule has 2 fully saturated rings. The van der Waals surface area contributed by atoms with Gasteiger partial charge in [-0.15, -0.1) is 0 Å². The van der Waals surface area contributed by atoms with Crippen LogP contribution in [0.1, 0.15) is 29.9 Å². The summed E-state index contributed by atoms with van der Waals surface area (Å²) >= 11 is 0. The van der Waals surface area contributed by atoms with Gasteiger partial charge in [0, 0.05) is 25.0 Å². The largest absolute Gasteiger partial charge is 0.340 e. The second kappa shape index (κ2) is 5.71. The first-order valence-electron chi connectivity index (χ1n) is 8.46. The Balaban J connectivity index is 1.56. The molecular formula is C20H21FN2O. The van der Waals surface area contributed by atoms with E-state index in [2.05, 4.69) is 12.1 Å². The third kappa shape index (κ3) is 2.51. The van der Waals surface area contributed by atoms with Gasteiger partial charge in [0.05, 0.1) is 5.41 Å². The van der Waals surface area contributed by atoms with E-state index in [0.29, 0.717) is 13.1 Å². The lowest BCUT2D eigenvalue weighted by Gasteiger charge is -2.23. The summed E-state index contributed by atoms with van der Waals surface area (Å²) < 4.78 is 13.6. The van der Waals surface area contributed by atoms with Gasteiger partial charge >= 0.3 is 0 Å². The number of likely N-dealkylation sites (tertiary alicyclic amines) is 1. The number of nitrogens with zero attached hydrogens (tertiary/aromatic N) is 1. The van der Waals surface area contributed by atoms with Crippen LogP contribution in [-0.2, 0) is 10.2 Å². The summed E-state index contributed by atoms with van der Waals surface area (Å²) in [6.45, 7) is 1.20. The Kier molecular flexibility index (Phi) is 3.65. The van der Waals surface area contributed by atoms with E-state index >= 15 is 0 Å². The molecule has 0 aromatic heterocycles. The quantitative estimate of drug-likeness (QED) is 0.944. The van der Waals surface area contributed by atoms with Crippen molar-refractivity contribution >= 4 is 5.91 Å². The monoisotopic (exact) mass is 324 g/mol. The van der Waals surface area contributed by atoms with Crippen molar-refractivity contribution in [1.29, 1.82) is 0 Å². The zero-order valence-corrected chi connectivity index (χ0v) is 13.5. The van der Waals surface area contributed by atoms with Crippen LogP contribution < -0.4 is 5.73 Å². The number of hydrogen-bond acceptors (Lipinski definition) is 2. The standard InChI is InChI=1S/C20H21FN2O/c21-16-8-4-7-15(11-16)20(9-10-20)19(24)23-12-17(18(22)13-23)14-5-2-1-3-6-14/h1-8,11,17-18H,9-10,12-13,22H2/t17-,18+/m0/s1. The summed E-state index contributed by atoms with van der Waals surface area (Å²) in [6, 6.07) is 16.5. The molecule has 4 rings (SSSR count). The average Bonchev–Trinajstić information content (AvgIpc) is 3.32. The zero-order chi connectivity index (χ0) is 16.7. The van der Waals surface area contributed by atoms with Gasteiger partial charge in [0.25, 0.3) is 0 Å². The predicted molar refractivity (Wildman–Crippen MR) is 91.1 cm³/mol. The minimum absolute atomic E-state index is 0.0559. The van der Waals surface area contributed by atoms with Crippen molar-refractivity contribution in [3.8, 4) is 0 Å². The molecule has 3 nitrogen and oxygen atoms in total. The van der Waals surface area contributed by atoms with Crippen LogP contribution in [0.3, 0.4) is 0 Å². The second-order valence-electron chi connectivity index (χ2n) is 6.98. The highest BCUT2D eigenvalue weighted by atomic mass is 19.1. The molecular weight excluding hydrogens is 303 g/mol. The van der Waals surface area contributed by atoms with Crippen LogP contribution in [0.15, 0.2) is 54.6 Å². The highest BCUT2D eigenvalue weighted by Crippen LogP contribution is 2.50. The summed E-state index contributed by atoms with van der Waals surface area (Å²) in [5.41, 5.74) is 7.75. The molecule has 2 aromatic rings. The van der Waals surface area contributed by atoms with Crippen LogP contribution in [-0.4, -0.2) is 29.9 Å². The molecule has 0 radical (unpaired) electrons. The number of amides is 1. The molecule has 24 heavy (non-hydrogen) atoms. The van der Waals surface area contributed by atoms with Crippen molar-refractivity contribution in [2.45, 2.75) is 30.2 Å². The van der Waals surface area contributed by atoms with Crippen molar-refractivity contribution in [2.24, 2.45) is 5.73 Å². The van der Waals surface area contributed by atoms with Gasteiger partial charge in [-0.25, -0.2) is 4.39 Å². The topological polar surface area (TPSA) is 46.3 Å². The third-order valence-corrected chi connectivity index (χ3v) is 5.42. The molecule has 0 bridgehead atoms. The highest BCUT2D eigenvalue weighted by Gasteiger charge is 2.54. The van der Waals surface area contributed by atoms with E-state index < -0.39 is 5.41 Å². The summed E-state index contributed by atoms with van der Waals surface area (Å²) in [6.07, 6.45) is 1.58. The molecule has 1 saturated carbocycles. The van der Waals surface area contributed by atoms with Crippen molar-refractivity contribution in [3.05, 3.63) is 71.5 Å². The van der Waals surface area contributed by atoms with Gasteiger partial charge in [-0.05, 0) is 36.1 Å². The Morgan fingerprint density at radius 1 is 1.08 bits per heavy atom. The number of halogens is 1. The molecule has 0 spiro atoms. The van der Waals surface area contributed by atoms with Gasteiger partial charge in [0.1, 0.15) is 5.82 Å². The maximum absolute atomic E-state index is 13.6. The van der Waals surface area contributed by atoms with E-state index in [4.69, 9.17) is 5.73 Å². The minimum atomic E-state index is -0.534. The number of nitrogens with two attached hydrogens (primary N) is 1. The van der Waals surface area contributed by atoms with E-state index in [1.807, 2.05) is 29.2 Å². The smallest absolute Gasteiger partial charge is 0.233 e.